The van der Waals surface area contributed by atoms with E-state index in [1.807, 2.05) is 4.90 Å². The molecule has 5 rings (SSSR count). The van der Waals surface area contributed by atoms with E-state index in [-0.39, 0.29) is 28.7 Å². The molecule has 0 spiro atoms. The summed E-state index contributed by atoms with van der Waals surface area (Å²) in [6.07, 6.45) is 2.65. The monoisotopic (exact) mass is 538 g/mol. The SMILES string of the molecule is CC(=O)N1CCCc2cc(S(=O)(=O)N3CCC(C(=O)N4CCN(c5cccc(C)c5)[C@@H](C)C4)CC3)ccc21. The van der Waals surface area contributed by atoms with Gasteiger partial charge in [-0.25, -0.2) is 8.42 Å². The predicted molar refractivity (Wildman–Crippen MR) is 149 cm³/mol. The summed E-state index contributed by atoms with van der Waals surface area (Å²) in [4.78, 5) is 31.7. The maximum Gasteiger partial charge on any atom is 0.243 e. The fourth-order valence-electron chi connectivity index (χ4n) is 6.16. The van der Waals surface area contributed by atoms with Gasteiger partial charge in [-0.2, -0.15) is 4.31 Å². The number of rotatable bonds is 4. The largest absolute Gasteiger partial charge is 0.365 e. The van der Waals surface area contributed by atoms with Crippen LogP contribution in [0, 0.1) is 12.8 Å². The van der Waals surface area contributed by atoms with Gasteiger partial charge in [0, 0.05) is 69.5 Å². The molecule has 0 bridgehead atoms. The minimum Gasteiger partial charge on any atom is -0.365 e. The molecule has 0 unspecified atom stereocenters. The number of hydrogen-bond donors (Lipinski definition) is 0. The molecule has 38 heavy (non-hydrogen) atoms. The van der Waals surface area contributed by atoms with Gasteiger partial charge in [-0.15, -0.1) is 0 Å². The highest BCUT2D eigenvalue weighted by Crippen LogP contribution is 2.32. The van der Waals surface area contributed by atoms with Crippen molar-refractivity contribution < 1.29 is 18.0 Å². The van der Waals surface area contributed by atoms with Crippen LogP contribution in [0.15, 0.2) is 47.4 Å². The van der Waals surface area contributed by atoms with Crippen LogP contribution in [0.25, 0.3) is 0 Å². The zero-order chi connectivity index (χ0) is 27.0. The number of aryl methyl sites for hydroxylation is 2. The second-order valence-corrected chi connectivity index (χ2v) is 12.8. The Morgan fingerprint density at radius 3 is 2.39 bits per heavy atom. The Hall–Kier alpha value is -2.91. The number of fused-ring (bicyclic) bond motifs is 1. The first-order valence-corrected chi connectivity index (χ1v) is 15.1. The van der Waals surface area contributed by atoms with Crippen molar-refractivity contribution >= 4 is 33.2 Å². The number of anilines is 2. The second-order valence-electron chi connectivity index (χ2n) is 10.9. The molecule has 2 saturated heterocycles. The van der Waals surface area contributed by atoms with Crippen molar-refractivity contribution in [1.29, 1.82) is 0 Å². The first-order chi connectivity index (χ1) is 18.1. The highest BCUT2D eigenvalue weighted by atomic mass is 32.2. The smallest absolute Gasteiger partial charge is 0.243 e. The lowest BCUT2D eigenvalue weighted by atomic mass is 9.95. The standard InChI is InChI=1S/C29H38N4O4S/c1-21-6-4-8-26(18-21)32-17-16-30(20-22(32)2)29(35)24-11-14-31(15-12-24)38(36,37)27-9-10-28-25(19-27)7-5-13-33(28)23(3)34/h4,6,8-10,18-19,22,24H,5,7,11-17,20H2,1-3H3/t22-/m0/s1. The topological polar surface area (TPSA) is 81.2 Å². The van der Waals surface area contributed by atoms with E-state index in [2.05, 4.69) is 43.0 Å². The number of nitrogens with zero attached hydrogens (tertiary/aromatic N) is 4. The van der Waals surface area contributed by atoms with Crippen LogP contribution in [0.1, 0.15) is 44.2 Å². The van der Waals surface area contributed by atoms with E-state index >= 15 is 0 Å². The number of benzene rings is 2. The van der Waals surface area contributed by atoms with Crippen LogP contribution in [0.4, 0.5) is 11.4 Å². The number of piperazine rings is 1. The van der Waals surface area contributed by atoms with Crippen LogP contribution in [0.3, 0.4) is 0 Å². The number of piperidine rings is 1. The predicted octanol–water partition coefficient (Wildman–Crippen LogP) is 3.43. The van der Waals surface area contributed by atoms with Crippen molar-refractivity contribution in [2.24, 2.45) is 5.92 Å². The summed E-state index contributed by atoms with van der Waals surface area (Å²) in [5.74, 6) is -0.0259. The Morgan fingerprint density at radius 2 is 1.71 bits per heavy atom. The maximum atomic E-state index is 13.4. The Balaban J connectivity index is 1.20. The van der Waals surface area contributed by atoms with Gasteiger partial charge in [-0.1, -0.05) is 12.1 Å². The Kier molecular flexibility index (Phi) is 7.51. The van der Waals surface area contributed by atoms with Crippen molar-refractivity contribution in [3.05, 3.63) is 53.6 Å². The summed E-state index contributed by atoms with van der Waals surface area (Å²) < 4.78 is 28.4. The molecule has 0 aliphatic carbocycles. The first kappa shape index (κ1) is 26.7. The number of sulfonamides is 1. The van der Waals surface area contributed by atoms with Crippen molar-refractivity contribution in [3.63, 3.8) is 0 Å². The lowest BCUT2D eigenvalue weighted by Gasteiger charge is -2.43. The van der Waals surface area contributed by atoms with Gasteiger partial charge in [0.2, 0.25) is 21.8 Å². The van der Waals surface area contributed by atoms with Gasteiger partial charge in [0.05, 0.1) is 4.90 Å². The lowest BCUT2D eigenvalue weighted by Crippen LogP contribution is -2.55. The van der Waals surface area contributed by atoms with Crippen LogP contribution in [-0.2, 0) is 26.0 Å². The number of carbonyl (C=O) groups is 2. The van der Waals surface area contributed by atoms with Gasteiger partial charge in [0.15, 0.2) is 0 Å². The molecule has 9 heteroatoms. The van der Waals surface area contributed by atoms with Gasteiger partial charge >= 0.3 is 0 Å². The molecule has 0 N–H and O–H groups in total. The molecule has 3 aliphatic heterocycles. The second kappa shape index (κ2) is 10.7. The molecule has 0 aromatic heterocycles. The quantitative estimate of drug-likeness (QED) is 0.596. The normalized spacial score (nSPS) is 21.3. The zero-order valence-corrected chi connectivity index (χ0v) is 23.4. The Morgan fingerprint density at radius 1 is 0.947 bits per heavy atom. The van der Waals surface area contributed by atoms with Gasteiger partial charge in [-0.05, 0) is 81.0 Å². The van der Waals surface area contributed by atoms with Gasteiger partial charge in [-0.3, -0.25) is 9.59 Å². The molecule has 2 aromatic rings. The molecule has 1 atom stereocenters. The Labute approximate surface area is 226 Å². The van der Waals surface area contributed by atoms with E-state index in [4.69, 9.17) is 0 Å². The first-order valence-electron chi connectivity index (χ1n) is 13.7. The fraction of sp³-hybridized carbons (Fsp3) is 0.517. The van der Waals surface area contributed by atoms with Gasteiger partial charge < -0.3 is 14.7 Å². The summed E-state index contributed by atoms with van der Waals surface area (Å²) >= 11 is 0. The maximum absolute atomic E-state index is 13.4. The van der Waals surface area contributed by atoms with Crippen molar-refractivity contribution in [2.45, 2.75) is 57.4 Å². The molecule has 0 radical (unpaired) electrons. The highest BCUT2D eigenvalue weighted by molar-refractivity contribution is 7.89. The molecule has 2 fully saturated rings. The van der Waals surface area contributed by atoms with Gasteiger partial charge in [0.1, 0.15) is 0 Å². The van der Waals surface area contributed by atoms with Crippen molar-refractivity contribution in [1.82, 2.24) is 9.21 Å². The molecular weight excluding hydrogens is 500 g/mol. The third kappa shape index (κ3) is 5.18. The molecule has 0 saturated carbocycles. The van der Waals surface area contributed by atoms with E-state index in [9.17, 15) is 18.0 Å². The molecule has 8 nitrogen and oxygen atoms in total. The van der Waals surface area contributed by atoms with Crippen LogP contribution < -0.4 is 9.80 Å². The summed E-state index contributed by atoms with van der Waals surface area (Å²) in [5.41, 5.74) is 4.13. The lowest BCUT2D eigenvalue weighted by molar-refractivity contribution is -0.137. The molecule has 3 heterocycles. The highest BCUT2D eigenvalue weighted by Gasteiger charge is 2.36. The molecule has 204 valence electrons. The summed E-state index contributed by atoms with van der Waals surface area (Å²) in [6.45, 7) is 9.29. The van der Waals surface area contributed by atoms with Crippen molar-refractivity contribution in [2.75, 3.05) is 49.1 Å². The molecule has 2 amide bonds. The van der Waals surface area contributed by atoms with E-state index in [1.54, 1.807) is 23.1 Å². The Bertz CT molecular complexity index is 1320. The number of amides is 2. The third-order valence-corrected chi connectivity index (χ3v) is 10.2. The van der Waals surface area contributed by atoms with E-state index < -0.39 is 10.0 Å². The van der Waals surface area contributed by atoms with Crippen LogP contribution in [-0.4, -0.2) is 74.7 Å². The average Bonchev–Trinajstić information content (AvgIpc) is 2.92. The molecule has 2 aromatic carbocycles. The molecule has 3 aliphatic rings. The molecular formula is C29H38N4O4S. The summed E-state index contributed by atoms with van der Waals surface area (Å²) in [6, 6.07) is 13.8. The van der Waals surface area contributed by atoms with Crippen LogP contribution >= 0.6 is 0 Å². The number of hydrogen-bond acceptors (Lipinski definition) is 5. The zero-order valence-electron chi connectivity index (χ0n) is 22.6. The van der Waals surface area contributed by atoms with Crippen molar-refractivity contribution in [3.8, 4) is 0 Å². The minimum atomic E-state index is -3.66. The van der Waals surface area contributed by atoms with E-state index in [0.29, 0.717) is 45.6 Å². The fourth-order valence-corrected chi connectivity index (χ4v) is 7.68. The average molecular weight is 539 g/mol. The summed E-state index contributed by atoms with van der Waals surface area (Å²) in [5, 5.41) is 0. The minimum absolute atomic E-state index is 0.0285. The third-order valence-electron chi connectivity index (χ3n) is 8.26. The van der Waals surface area contributed by atoms with Gasteiger partial charge in [0.25, 0.3) is 0 Å². The number of carbonyl (C=O) groups excluding carboxylic acids is 2. The summed E-state index contributed by atoms with van der Waals surface area (Å²) in [7, 11) is -3.66. The van der Waals surface area contributed by atoms with E-state index in [1.165, 1.54) is 22.5 Å². The van der Waals surface area contributed by atoms with Crippen LogP contribution in [0.2, 0.25) is 0 Å². The van der Waals surface area contributed by atoms with Crippen LogP contribution in [0.5, 0.6) is 0 Å². The van der Waals surface area contributed by atoms with E-state index in [0.717, 1.165) is 30.6 Å².